The number of anilines is 3. The van der Waals surface area contributed by atoms with Crippen molar-refractivity contribution < 1.29 is 4.79 Å². The highest BCUT2D eigenvalue weighted by atomic mass is 16.1. The number of hydrogen-bond donors (Lipinski definition) is 2. The third-order valence-corrected chi connectivity index (χ3v) is 5.12. The van der Waals surface area contributed by atoms with E-state index in [9.17, 15) is 4.79 Å². The number of carbonyl (C=O) groups is 1. The summed E-state index contributed by atoms with van der Waals surface area (Å²) in [4.78, 5) is 14.4. The molecule has 1 saturated heterocycles. The lowest BCUT2D eigenvalue weighted by molar-refractivity contribution is -0.116. The van der Waals surface area contributed by atoms with Gasteiger partial charge < -0.3 is 15.5 Å². The molecule has 0 bridgehead atoms. The van der Waals surface area contributed by atoms with E-state index in [1.165, 1.54) is 30.5 Å². The predicted octanol–water partition coefficient (Wildman–Crippen LogP) is 4.49. The molecule has 4 nitrogen and oxygen atoms in total. The summed E-state index contributed by atoms with van der Waals surface area (Å²) in [5, 5.41) is 6.52. The number of rotatable bonds is 2. The first-order valence-electron chi connectivity index (χ1n) is 9.25. The minimum atomic E-state index is 0.0661. The molecule has 2 aromatic carbocycles. The van der Waals surface area contributed by atoms with E-state index in [1.807, 2.05) is 19.1 Å². The molecule has 0 aromatic heterocycles. The summed E-state index contributed by atoms with van der Waals surface area (Å²) in [5.41, 5.74) is 5.50. The largest absolute Gasteiger partial charge is 0.380 e. The van der Waals surface area contributed by atoms with Gasteiger partial charge in [0.1, 0.15) is 0 Å². The van der Waals surface area contributed by atoms with E-state index in [0.29, 0.717) is 6.42 Å². The number of nitrogens with zero attached hydrogens (tertiary/aromatic N) is 1. The third-order valence-electron chi connectivity index (χ3n) is 5.12. The normalized spacial score (nSPS) is 20.3. The Kier molecular flexibility index (Phi) is 4.35. The van der Waals surface area contributed by atoms with Gasteiger partial charge in [0.15, 0.2) is 0 Å². The van der Waals surface area contributed by atoms with Gasteiger partial charge >= 0.3 is 0 Å². The van der Waals surface area contributed by atoms with E-state index in [4.69, 9.17) is 0 Å². The fraction of sp³-hybridized carbons (Fsp3) is 0.381. The van der Waals surface area contributed by atoms with Crippen LogP contribution in [0, 0.1) is 0 Å². The fourth-order valence-electron chi connectivity index (χ4n) is 3.83. The molecule has 4 rings (SSSR count). The van der Waals surface area contributed by atoms with Gasteiger partial charge in [-0.25, -0.2) is 0 Å². The molecule has 2 N–H and O–H groups in total. The lowest BCUT2D eigenvalue weighted by atomic mass is 10.0. The second-order valence-corrected chi connectivity index (χ2v) is 7.12. The first kappa shape index (κ1) is 16.0. The molecular formula is C21H25N3O. The van der Waals surface area contributed by atoms with Crippen LogP contribution in [0.5, 0.6) is 0 Å². The lowest BCUT2D eigenvalue weighted by Crippen LogP contribution is -2.29. The van der Waals surface area contributed by atoms with E-state index >= 15 is 0 Å². The molecular weight excluding hydrogens is 310 g/mol. The van der Waals surface area contributed by atoms with E-state index in [0.717, 1.165) is 30.0 Å². The molecule has 0 saturated carbocycles. The molecule has 2 aliphatic heterocycles. The van der Waals surface area contributed by atoms with Crippen LogP contribution in [0.25, 0.3) is 11.1 Å². The van der Waals surface area contributed by atoms with Gasteiger partial charge in [-0.3, -0.25) is 4.79 Å². The Balaban J connectivity index is 1.66. The summed E-state index contributed by atoms with van der Waals surface area (Å²) >= 11 is 0. The maximum atomic E-state index is 12.0. The lowest BCUT2D eigenvalue weighted by Gasteiger charge is -2.29. The van der Waals surface area contributed by atoms with E-state index in [2.05, 4.69) is 45.9 Å². The van der Waals surface area contributed by atoms with Crippen LogP contribution in [0.3, 0.4) is 0 Å². The number of fused-ring (bicyclic) bond motifs is 1. The molecule has 130 valence electrons. The maximum Gasteiger partial charge on any atom is 0.226 e. The minimum absolute atomic E-state index is 0.0661. The standard InChI is InChI=1S/C21H25N3O/c1-15-14-20(25)23-19-7-5-6-18(21(19)22-15)16-8-10-17(11-9-16)24-12-3-2-4-13-24/h5-11,15,22H,2-4,12-14H2,1H3,(H,23,25). The Hall–Kier alpha value is -2.49. The van der Waals surface area contributed by atoms with Gasteiger partial charge in [0.05, 0.1) is 11.4 Å². The monoisotopic (exact) mass is 335 g/mol. The molecule has 1 fully saturated rings. The summed E-state index contributed by atoms with van der Waals surface area (Å²) in [6.07, 6.45) is 4.41. The molecule has 25 heavy (non-hydrogen) atoms. The van der Waals surface area contributed by atoms with Crippen molar-refractivity contribution in [3.05, 3.63) is 42.5 Å². The average molecular weight is 335 g/mol. The smallest absolute Gasteiger partial charge is 0.226 e. The van der Waals surface area contributed by atoms with Crippen molar-refractivity contribution in [1.29, 1.82) is 0 Å². The number of para-hydroxylation sites is 1. The average Bonchev–Trinajstić information content (AvgIpc) is 2.78. The van der Waals surface area contributed by atoms with Gasteiger partial charge in [-0.15, -0.1) is 0 Å². The van der Waals surface area contributed by atoms with Crippen LogP contribution < -0.4 is 15.5 Å². The molecule has 0 radical (unpaired) electrons. The van der Waals surface area contributed by atoms with E-state index in [-0.39, 0.29) is 11.9 Å². The van der Waals surface area contributed by atoms with Crippen LogP contribution in [-0.2, 0) is 4.79 Å². The topological polar surface area (TPSA) is 44.4 Å². The molecule has 2 aromatic rings. The molecule has 0 aliphatic carbocycles. The Morgan fingerprint density at radius 3 is 2.52 bits per heavy atom. The first-order valence-corrected chi connectivity index (χ1v) is 9.25. The van der Waals surface area contributed by atoms with Crippen LogP contribution in [0.1, 0.15) is 32.6 Å². The number of benzene rings is 2. The minimum Gasteiger partial charge on any atom is -0.380 e. The second-order valence-electron chi connectivity index (χ2n) is 7.12. The van der Waals surface area contributed by atoms with Crippen molar-refractivity contribution in [2.45, 2.75) is 38.6 Å². The second kappa shape index (κ2) is 6.79. The van der Waals surface area contributed by atoms with Crippen molar-refractivity contribution >= 4 is 23.0 Å². The number of piperidine rings is 1. The number of carbonyl (C=O) groups excluding carboxylic acids is 1. The van der Waals surface area contributed by atoms with Crippen LogP contribution in [-0.4, -0.2) is 25.0 Å². The molecule has 1 amide bonds. The van der Waals surface area contributed by atoms with Crippen molar-refractivity contribution in [1.82, 2.24) is 0 Å². The molecule has 1 atom stereocenters. The van der Waals surface area contributed by atoms with E-state index < -0.39 is 0 Å². The van der Waals surface area contributed by atoms with Crippen LogP contribution in [0.15, 0.2) is 42.5 Å². The third kappa shape index (κ3) is 3.34. The summed E-state index contributed by atoms with van der Waals surface area (Å²) in [7, 11) is 0. The molecule has 4 heteroatoms. The Morgan fingerprint density at radius 1 is 1.00 bits per heavy atom. The predicted molar refractivity (Wildman–Crippen MR) is 104 cm³/mol. The summed E-state index contributed by atoms with van der Waals surface area (Å²) in [5.74, 6) is 0.0661. The zero-order valence-electron chi connectivity index (χ0n) is 14.7. The zero-order valence-corrected chi connectivity index (χ0v) is 14.7. The SMILES string of the molecule is CC1CC(=O)Nc2cccc(-c3ccc(N4CCCCC4)cc3)c2N1. The van der Waals surface area contributed by atoms with Gasteiger partial charge in [-0.2, -0.15) is 0 Å². The fourth-order valence-corrected chi connectivity index (χ4v) is 3.83. The van der Waals surface area contributed by atoms with Crippen LogP contribution >= 0.6 is 0 Å². The Morgan fingerprint density at radius 2 is 1.76 bits per heavy atom. The van der Waals surface area contributed by atoms with Gasteiger partial charge in [-0.1, -0.05) is 24.3 Å². The van der Waals surface area contributed by atoms with Crippen LogP contribution in [0.4, 0.5) is 17.1 Å². The van der Waals surface area contributed by atoms with Crippen molar-refractivity contribution in [2.75, 3.05) is 28.6 Å². The zero-order chi connectivity index (χ0) is 17.2. The van der Waals surface area contributed by atoms with Crippen molar-refractivity contribution in [2.24, 2.45) is 0 Å². The highest BCUT2D eigenvalue weighted by molar-refractivity contribution is 6.00. The van der Waals surface area contributed by atoms with Gasteiger partial charge in [-0.05, 0) is 49.9 Å². The Bertz CT molecular complexity index is 763. The molecule has 2 heterocycles. The number of amides is 1. The number of nitrogens with one attached hydrogen (secondary N) is 2. The quantitative estimate of drug-likeness (QED) is 0.850. The van der Waals surface area contributed by atoms with Gasteiger partial charge in [0.25, 0.3) is 0 Å². The number of hydrogen-bond acceptors (Lipinski definition) is 3. The van der Waals surface area contributed by atoms with Gasteiger partial charge in [0.2, 0.25) is 5.91 Å². The molecule has 1 unspecified atom stereocenters. The first-order chi connectivity index (χ1) is 12.2. The molecule has 0 spiro atoms. The summed E-state index contributed by atoms with van der Waals surface area (Å²) in [6.45, 7) is 4.36. The maximum absolute atomic E-state index is 12.0. The van der Waals surface area contributed by atoms with Crippen molar-refractivity contribution in [3.8, 4) is 11.1 Å². The van der Waals surface area contributed by atoms with Gasteiger partial charge in [0, 0.05) is 36.8 Å². The van der Waals surface area contributed by atoms with E-state index in [1.54, 1.807) is 0 Å². The highest BCUT2D eigenvalue weighted by Crippen LogP contribution is 2.37. The van der Waals surface area contributed by atoms with Crippen molar-refractivity contribution in [3.63, 3.8) is 0 Å². The highest BCUT2D eigenvalue weighted by Gasteiger charge is 2.20. The Labute approximate surface area is 149 Å². The van der Waals surface area contributed by atoms with Crippen LogP contribution in [0.2, 0.25) is 0 Å². The summed E-state index contributed by atoms with van der Waals surface area (Å²) < 4.78 is 0. The molecule has 2 aliphatic rings. The summed E-state index contributed by atoms with van der Waals surface area (Å²) in [6, 6.07) is 15.0.